The lowest BCUT2D eigenvalue weighted by molar-refractivity contribution is -0.118. The first-order chi connectivity index (χ1) is 12.5. The second-order valence-electron chi connectivity index (χ2n) is 6.32. The van der Waals surface area contributed by atoms with Crippen LogP contribution < -0.4 is 11.1 Å². The van der Waals surface area contributed by atoms with E-state index in [1.165, 1.54) is 12.1 Å². The maximum Gasteiger partial charge on any atom is 0.242 e. The summed E-state index contributed by atoms with van der Waals surface area (Å²) < 4.78 is 13.3. The lowest BCUT2D eigenvalue weighted by atomic mass is 10.0. The summed E-state index contributed by atoms with van der Waals surface area (Å²) in [7, 11) is 0. The number of carbonyl (C=O) groups excluding carboxylic acids is 1. The molecule has 0 aliphatic carbocycles. The van der Waals surface area contributed by atoms with Crippen LogP contribution in [0.2, 0.25) is 0 Å². The van der Waals surface area contributed by atoms with Gasteiger partial charge in [0.1, 0.15) is 5.82 Å². The number of nitrogens with two attached hydrogens (primary N) is 1. The molecule has 27 heavy (non-hydrogen) atoms. The molecular formula is C19H21ClFN5O. The van der Waals surface area contributed by atoms with Gasteiger partial charge in [0.2, 0.25) is 5.91 Å². The largest absolute Gasteiger partial charge is 0.320 e. The summed E-state index contributed by atoms with van der Waals surface area (Å²) in [4.78, 5) is 16.4. The van der Waals surface area contributed by atoms with Crippen molar-refractivity contribution in [2.45, 2.75) is 19.9 Å². The molecule has 8 heteroatoms. The van der Waals surface area contributed by atoms with Crippen molar-refractivity contribution >= 4 is 24.1 Å². The minimum atomic E-state index is -0.647. The van der Waals surface area contributed by atoms with Crippen LogP contribution in [0.15, 0.2) is 48.8 Å². The number of nitrogens with zero attached hydrogens (tertiary/aromatic N) is 2. The van der Waals surface area contributed by atoms with Crippen molar-refractivity contribution in [3.63, 3.8) is 0 Å². The average molecular weight is 390 g/mol. The van der Waals surface area contributed by atoms with Gasteiger partial charge in [0.25, 0.3) is 0 Å². The summed E-state index contributed by atoms with van der Waals surface area (Å²) in [5.41, 5.74) is 8.87. The predicted molar refractivity (Wildman–Crippen MR) is 106 cm³/mol. The molecular weight excluding hydrogens is 369 g/mol. The second-order valence-corrected chi connectivity index (χ2v) is 6.32. The third-order valence-electron chi connectivity index (χ3n) is 4.13. The van der Waals surface area contributed by atoms with Crippen molar-refractivity contribution in [2.75, 3.05) is 5.32 Å². The van der Waals surface area contributed by atoms with Gasteiger partial charge in [-0.25, -0.2) is 4.39 Å². The first-order valence-electron chi connectivity index (χ1n) is 8.28. The summed E-state index contributed by atoms with van der Waals surface area (Å²) in [6, 6.07) is 9.04. The molecule has 0 aliphatic heterocycles. The maximum atomic E-state index is 13.3. The van der Waals surface area contributed by atoms with E-state index in [0.29, 0.717) is 17.1 Å². The van der Waals surface area contributed by atoms with E-state index in [9.17, 15) is 9.18 Å². The number of hydrogen-bond acceptors (Lipinski definition) is 4. The topological polar surface area (TPSA) is 96.7 Å². The fraction of sp³-hybridized carbons (Fsp3) is 0.211. The lowest BCUT2D eigenvalue weighted by Gasteiger charge is -2.15. The summed E-state index contributed by atoms with van der Waals surface area (Å²) in [6.45, 7) is 3.75. The number of aromatic amines is 1. The standard InChI is InChI=1S/C19H20FN5O.ClH/c1-11(2)16(21)19(26)23-18-15(12-7-9-22-10-8-12)17(24-25-18)13-3-5-14(20)6-4-13;/h3-11,16H,21H2,1-2H3,(H2,23,24,25,26);1H. The lowest BCUT2D eigenvalue weighted by Crippen LogP contribution is -2.39. The molecule has 0 saturated heterocycles. The van der Waals surface area contributed by atoms with Crippen molar-refractivity contribution in [3.8, 4) is 22.4 Å². The molecule has 1 aromatic carbocycles. The van der Waals surface area contributed by atoms with Crippen LogP contribution in [-0.2, 0) is 4.79 Å². The molecule has 3 rings (SSSR count). The van der Waals surface area contributed by atoms with E-state index < -0.39 is 6.04 Å². The van der Waals surface area contributed by atoms with Gasteiger partial charge in [0.15, 0.2) is 5.82 Å². The number of anilines is 1. The summed E-state index contributed by atoms with van der Waals surface area (Å²) in [5.74, 6) is -0.269. The molecule has 0 aliphatic rings. The van der Waals surface area contributed by atoms with E-state index in [0.717, 1.165) is 11.1 Å². The fourth-order valence-electron chi connectivity index (χ4n) is 2.56. The molecule has 2 aromatic heterocycles. The first kappa shape index (κ1) is 20.5. The van der Waals surface area contributed by atoms with Gasteiger partial charge in [-0.15, -0.1) is 12.4 Å². The molecule has 1 unspecified atom stereocenters. The zero-order chi connectivity index (χ0) is 18.7. The minimum absolute atomic E-state index is 0. The van der Waals surface area contributed by atoms with E-state index in [2.05, 4.69) is 20.5 Å². The summed E-state index contributed by atoms with van der Waals surface area (Å²) in [5, 5.41) is 9.97. The summed E-state index contributed by atoms with van der Waals surface area (Å²) >= 11 is 0. The smallest absolute Gasteiger partial charge is 0.242 e. The van der Waals surface area contributed by atoms with Crippen LogP contribution in [0.5, 0.6) is 0 Å². The third-order valence-corrected chi connectivity index (χ3v) is 4.13. The molecule has 0 spiro atoms. The van der Waals surface area contributed by atoms with Crippen molar-refractivity contribution in [1.82, 2.24) is 15.2 Å². The molecule has 142 valence electrons. The Balaban J connectivity index is 0.00000261. The highest BCUT2D eigenvalue weighted by molar-refractivity contribution is 6.00. The van der Waals surface area contributed by atoms with Gasteiger partial charge in [-0.3, -0.25) is 14.9 Å². The van der Waals surface area contributed by atoms with Crippen molar-refractivity contribution < 1.29 is 9.18 Å². The number of hydrogen-bond donors (Lipinski definition) is 3. The number of carbonyl (C=O) groups is 1. The van der Waals surface area contributed by atoms with Gasteiger partial charge in [-0.1, -0.05) is 13.8 Å². The third kappa shape index (κ3) is 4.50. The molecule has 0 fully saturated rings. The van der Waals surface area contributed by atoms with Crippen LogP contribution in [0, 0.1) is 11.7 Å². The number of rotatable bonds is 5. The number of aromatic nitrogens is 3. The monoisotopic (exact) mass is 389 g/mol. The Hall–Kier alpha value is -2.77. The Morgan fingerprint density at radius 1 is 1.11 bits per heavy atom. The van der Waals surface area contributed by atoms with E-state index in [4.69, 9.17) is 5.73 Å². The predicted octanol–water partition coefficient (Wildman–Crippen LogP) is 3.62. The molecule has 0 radical (unpaired) electrons. The Labute approximate surface area is 162 Å². The Bertz CT molecular complexity index is 896. The van der Waals surface area contributed by atoms with Crippen molar-refractivity contribution in [2.24, 2.45) is 11.7 Å². The minimum Gasteiger partial charge on any atom is -0.320 e. The number of benzene rings is 1. The van der Waals surface area contributed by atoms with Crippen molar-refractivity contribution in [1.29, 1.82) is 0 Å². The quantitative estimate of drug-likeness (QED) is 0.620. The Morgan fingerprint density at radius 3 is 2.33 bits per heavy atom. The van der Waals surface area contributed by atoms with Crippen LogP contribution in [0.3, 0.4) is 0 Å². The number of pyridine rings is 1. The van der Waals surface area contributed by atoms with Crippen molar-refractivity contribution in [3.05, 3.63) is 54.6 Å². The molecule has 6 nitrogen and oxygen atoms in total. The zero-order valence-electron chi connectivity index (χ0n) is 14.9. The van der Waals surface area contributed by atoms with Gasteiger partial charge >= 0.3 is 0 Å². The summed E-state index contributed by atoms with van der Waals surface area (Å²) in [6.07, 6.45) is 3.31. The van der Waals surface area contributed by atoms with Crippen LogP contribution >= 0.6 is 12.4 Å². The number of amides is 1. The Morgan fingerprint density at radius 2 is 1.74 bits per heavy atom. The van der Waals surface area contributed by atoms with Crippen LogP contribution in [0.4, 0.5) is 10.2 Å². The molecule has 0 saturated carbocycles. The molecule has 2 heterocycles. The van der Waals surface area contributed by atoms with Gasteiger partial charge in [-0.2, -0.15) is 5.10 Å². The fourth-order valence-corrected chi connectivity index (χ4v) is 2.56. The highest BCUT2D eigenvalue weighted by Gasteiger charge is 2.22. The zero-order valence-corrected chi connectivity index (χ0v) is 15.8. The van der Waals surface area contributed by atoms with Crippen LogP contribution in [-0.4, -0.2) is 27.1 Å². The van der Waals surface area contributed by atoms with Gasteiger partial charge in [0, 0.05) is 18.0 Å². The molecule has 0 bridgehead atoms. The van der Waals surface area contributed by atoms with Crippen LogP contribution in [0.1, 0.15) is 13.8 Å². The van der Waals surface area contributed by atoms with Gasteiger partial charge in [-0.05, 0) is 47.9 Å². The number of halogens is 2. The Kier molecular flexibility index (Phi) is 6.65. The molecule has 4 N–H and O–H groups in total. The highest BCUT2D eigenvalue weighted by atomic mass is 35.5. The average Bonchev–Trinajstić information content (AvgIpc) is 3.05. The molecule has 3 aromatic rings. The molecule has 1 atom stereocenters. The normalized spacial score (nSPS) is 11.7. The van der Waals surface area contributed by atoms with E-state index in [1.807, 2.05) is 26.0 Å². The first-order valence-corrected chi connectivity index (χ1v) is 8.28. The SMILES string of the molecule is CC(C)C(N)C(=O)Nc1n[nH]c(-c2ccc(F)cc2)c1-c1ccncc1.Cl. The second kappa shape index (κ2) is 8.75. The van der Waals surface area contributed by atoms with Crippen LogP contribution in [0.25, 0.3) is 22.4 Å². The van der Waals surface area contributed by atoms with Gasteiger partial charge in [0.05, 0.1) is 17.3 Å². The van der Waals surface area contributed by atoms with E-state index in [1.54, 1.807) is 24.5 Å². The number of nitrogens with one attached hydrogen (secondary N) is 2. The van der Waals surface area contributed by atoms with Gasteiger partial charge < -0.3 is 11.1 Å². The van der Waals surface area contributed by atoms with E-state index >= 15 is 0 Å². The maximum absolute atomic E-state index is 13.3. The highest BCUT2D eigenvalue weighted by Crippen LogP contribution is 2.36. The van der Waals surface area contributed by atoms with E-state index in [-0.39, 0.29) is 30.0 Å². The number of H-pyrrole nitrogens is 1. The molecule has 1 amide bonds.